The maximum Gasteiger partial charge on any atom is 0.339 e. The number of hydrazone groups is 1. The van der Waals surface area contributed by atoms with Crippen molar-refractivity contribution in [2.75, 3.05) is 5.32 Å². The molecular weight excluding hydrogens is 238 g/mol. The number of hydrogen-bond acceptors (Lipinski definition) is 2. The van der Waals surface area contributed by atoms with Gasteiger partial charge in [0.25, 0.3) is 0 Å². The lowest BCUT2D eigenvalue weighted by molar-refractivity contribution is 0.252. The molecule has 4 heteroatoms. The molecule has 0 unspecified atom stereocenters. The van der Waals surface area contributed by atoms with Gasteiger partial charge < -0.3 is 5.32 Å². The van der Waals surface area contributed by atoms with Crippen molar-refractivity contribution in [3.05, 3.63) is 29.3 Å². The number of nitrogens with zero attached hydrogens (tertiary/aromatic N) is 1. The van der Waals surface area contributed by atoms with Crippen LogP contribution in [0.25, 0.3) is 0 Å². The Kier molecular flexibility index (Phi) is 5.55. The molecule has 2 N–H and O–H groups in total. The minimum absolute atomic E-state index is 0.310. The highest BCUT2D eigenvalue weighted by Crippen LogP contribution is 2.15. The second-order valence-corrected chi connectivity index (χ2v) is 5.33. The first-order valence-corrected chi connectivity index (χ1v) is 6.56. The van der Waals surface area contributed by atoms with Crippen molar-refractivity contribution in [3.63, 3.8) is 0 Å². The summed E-state index contributed by atoms with van der Waals surface area (Å²) in [6.45, 7) is 10.1. The Morgan fingerprint density at radius 3 is 2.58 bits per heavy atom. The highest BCUT2D eigenvalue weighted by atomic mass is 16.2. The minimum Gasteiger partial charge on any atom is -0.306 e. The minimum atomic E-state index is -0.310. The van der Waals surface area contributed by atoms with Gasteiger partial charge in [0.15, 0.2) is 0 Å². The summed E-state index contributed by atoms with van der Waals surface area (Å²) in [6.07, 6.45) is 0.879. The standard InChI is InChI=1S/C15H23N3O/c1-10(2)8-13(5)17-18-15(19)16-14-7-6-11(3)9-12(14)4/h6-7,9-10H,8H2,1-5H3,(H2,16,18,19)/b17-13+. The summed E-state index contributed by atoms with van der Waals surface area (Å²) in [6, 6.07) is 5.59. The predicted octanol–water partition coefficient (Wildman–Crippen LogP) is 3.85. The van der Waals surface area contributed by atoms with Crippen LogP contribution in [-0.2, 0) is 0 Å². The lowest BCUT2D eigenvalue weighted by Gasteiger charge is -2.09. The molecule has 2 amide bonds. The van der Waals surface area contributed by atoms with Gasteiger partial charge in [-0.25, -0.2) is 10.2 Å². The SMILES string of the molecule is C/C(CC(C)C)=N\NC(=O)Nc1ccc(C)cc1C. The molecule has 0 heterocycles. The molecule has 0 aromatic heterocycles. The van der Waals surface area contributed by atoms with Crippen molar-refractivity contribution in [1.29, 1.82) is 0 Å². The first-order chi connectivity index (χ1) is 8.88. The third kappa shape index (κ3) is 5.55. The van der Waals surface area contributed by atoms with E-state index in [2.05, 4.69) is 29.7 Å². The zero-order valence-corrected chi connectivity index (χ0v) is 12.4. The molecule has 0 saturated carbocycles. The third-order valence-corrected chi connectivity index (χ3v) is 2.68. The van der Waals surface area contributed by atoms with E-state index in [0.29, 0.717) is 5.92 Å². The number of carbonyl (C=O) groups is 1. The molecule has 0 aliphatic heterocycles. The molecule has 0 radical (unpaired) electrons. The molecule has 1 rings (SSSR count). The highest BCUT2D eigenvalue weighted by molar-refractivity contribution is 5.91. The summed E-state index contributed by atoms with van der Waals surface area (Å²) in [4.78, 5) is 11.7. The zero-order valence-electron chi connectivity index (χ0n) is 12.4. The molecule has 0 saturated heterocycles. The fourth-order valence-electron chi connectivity index (χ4n) is 1.89. The molecule has 1 aromatic rings. The van der Waals surface area contributed by atoms with Crippen molar-refractivity contribution >= 4 is 17.4 Å². The van der Waals surface area contributed by atoms with Crippen LogP contribution >= 0.6 is 0 Å². The van der Waals surface area contributed by atoms with Gasteiger partial charge in [-0.05, 0) is 44.7 Å². The lowest BCUT2D eigenvalue weighted by Crippen LogP contribution is -2.25. The van der Waals surface area contributed by atoms with E-state index in [9.17, 15) is 4.79 Å². The smallest absolute Gasteiger partial charge is 0.306 e. The van der Waals surface area contributed by atoms with Gasteiger partial charge in [0.2, 0.25) is 0 Å². The number of nitrogens with one attached hydrogen (secondary N) is 2. The monoisotopic (exact) mass is 261 g/mol. The van der Waals surface area contributed by atoms with Crippen molar-refractivity contribution in [2.24, 2.45) is 11.0 Å². The lowest BCUT2D eigenvalue weighted by atomic mass is 10.1. The largest absolute Gasteiger partial charge is 0.339 e. The van der Waals surface area contributed by atoms with Crippen molar-refractivity contribution < 1.29 is 4.79 Å². The van der Waals surface area contributed by atoms with E-state index in [1.807, 2.05) is 39.0 Å². The van der Waals surface area contributed by atoms with Gasteiger partial charge in [-0.2, -0.15) is 5.10 Å². The first-order valence-electron chi connectivity index (χ1n) is 6.56. The third-order valence-electron chi connectivity index (χ3n) is 2.68. The van der Waals surface area contributed by atoms with E-state index in [1.54, 1.807) is 0 Å². The van der Waals surface area contributed by atoms with Gasteiger partial charge in [-0.1, -0.05) is 31.5 Å². The summed E-state index contributed by atoms with van der Waals surface area (Å²) in [5, 5.41) is 6.85. The number of aryl methyl sites for hydroxylation is 2. The van der Waals surface area contributed by atoms with E-state index >= 15 is 0 Å². The second-order valence-electron chi connectivity index (χ2n) is 5.33. The number of urea groups is 1. The van der Waals surface area contributed by atoms with Crippen molar-refractivity contribution in [2.45, 2.75) is 41.0 Å². The number of anilines is 1. The summed E-state index contributed by atoms with van der Waals surface area (Å²) in [5.74, 6) is 0.535. The van der Waals surface area contributed by atoms with Crippen LogP contribution in [0.4, 0.5) is 10.5 Å². The summed E-state index contributed by atoms with van der Waals surface area (Å²) in [7, 11) is 0. The quantitative estimate of drug-likeness (QED) is 0.628. The molecule has 0 fully saturated rings. The van der Waals surface area contributed by atoms with Crippen LogP contribution in [0.1, 0.15) is 38.3 Å². The van der Waals surface area contributed by atoms with E-state index < -0.39 is 0 Å². The Morgan fingerprint density at radius 1 is 1.32 bits per heavy atom. The molecule has 0 aliphatic rings. The molecule has 0 spiro atoms. The van der Waals surface area contributed by atoms with Gasteiger partial charge in [0.05, 0.1) is 0 Å². The van der Waals surface area contributed by atoms with E-state index in [1.165, 1.54) is 5.56 Å². The fraction of sp³-hybridized carbons (Fsp3) is 0.467. The Labute approximate surface area is 115 Å². The van der Waals surface area contributed by atoms with Gasteiger partial charge in [0, 0.05) is 11.4 Å². The average molecular weight is 261 g/mol. The predicted molar refractivity (Wildman–Crippen MR) is 80.6 cm³/mol. The number of carbonyl (C=O) groups excluding carboxylic acids is 1. The maximum atomic E-state index is 11.7. The number of benzene rings is 1. The Bertz CT molecular complexity index is 478. The normalized spacial score (nSPS) is 11.6. The molecule has 19 heavy (non-hydrogen) atoms. The van der Waals surface area contributed by atoms with Gasteiger partial charge in [-0.15, -0.1) is 0 Å². The zero-order chi connectivity index (χ0) is 14.4. The summed E-state index contributed by atoms with van der Waals surface area (Å²) in [5.41, 5.74) is 6.46. The topological polar surface area (TPSA) is 53.5 Å². The Balaban J connectivity index is 2.56. The van der Waals surface area contributed by atoms with Crippen LogP contribution in [0, 0.1) is 19.8 Å². The highest BCUT2D eigenvalue weighted by Gasteiger charge is 2.04. The van der Waals surface area contributed by atoms with E-state index in [0.717, 1.165) is 23.4 Å². The van der Waals surface area contributed by atoms with Gasteiger partial charge in [-0.3, -0.25) is 0 Å². The van der Waals surface area contributed by atoms with E-state index in [4.69, 9.17) is 0 Å². The molecule has 0 bridgehead atoms. The molecule has 4 nitrogen and oxygen atoms in total. The summed E-state index contributed by atoms with van der Waals surface area (Å²) >= 11 is 0. The van der Waals surface area contributed by atoms with Crippen LogP contribution in [-0.4, -0.2) is 11.7 Å². The second kappa shape index (κ2) is 6.92. The van der Waals surface area contributed by atoms with Crippen LogP contribution in [0.3, 0.4) is 0 Å². The molecule has 0 aliphatic carbocycles. The molecule has 104 valence electrons. The van der Waals surface area contributed by atoms with Crippen molar-refractivity contribution in [1.82, 2.24) is 5.43 Å². The maximum absolute atomic E-state index is 11.7. The average Bonchev–Trinajstić information content (AvgIpc) is 2.29. The van der Waals surface area contributed by atoms with Gasteiger partial charge in [0.1, 0.15) is 0 Å². The molecule has 0 atom stereocenters. The van der Waals surface area contributed by atoms with Crippen LogP contribution < -0.4 is 10.7 Å². The van der Waals surface area contributed by atoms with Crippen LogP contribution in [0.2, 0.25) is 0 Å². The number of amides is 2. The number of hydrogen-bond donors (Lipinski definition) is 2. The fourth-order valence-corrected chi connectivity index (χ4v) is 1.89. The Morgan fingerprint density at radius 2 is 2.00 bits per heavy atom. The van der Waals surface area contributed by atoms with Gasteiger partial charge >= 0.3 is 6.03 Å². The molecular formula is C15H23N3O. The van der Waals surface area contributed by atoms with Crippen LogP contribution in [0.15, 0.2) is 23.3 Å². The Hall–Kier alpha value is -1.84. The summed E-state index contributed by atoms with van der Waals surface area (Å²) < 4.78 is 0. The number of rotatable bonds is 4. The van der Waals surface area contributed by atoms with E-state index in [-0.39, 0.29) is 6.03 Å². The first kappa shape index (κ1) is 15.2. The van der Waals surface area contributed by atoms with Crippen LogP contribution in [0.5, 0.6) is 0 Å². The van der Waals surface area contributed by atoms with Crippen molar-refractivity contribution in [3.8, 4) is 0 Å². The molecule has 1 aromatic carbocycles.